The van der Waals surface area contributed by atoms with Crippen LogP contribution in [0.1, 0.15) is 38.2 Å². The number of hydrogen-bond acceptors (Lipinski definition) is 4. The molecule has 0 N–H and O–H groups in total. The molecule has 0 aliphatic carbocycles. The van der Waals surface area contributed by atoms with E-state index < -0.39 is 41.0 Å². The van der Waals surface area contributed by atoms with Gasteiger partial charge in [0, 0.05) is 68.9 Å². The van der Waals surface area contributed by atoms with E-state index in [-0.39, 0.29) is 37.4 Å². The molecule has 0 aromatic heterocycles. The van der Waals surface area contributed by atoms with Crippen LogP contribution in [0.15, 0.2) is 36.4 Å². The van der Waals surface area contributed by atoms with Crippen molar-refractivity contribution in [1.29, 1.82) is 0 Å². The monoisotopic (exact) mass is 645 g/mol. The van der Waals surface area contributed by atoms with Gasteiger partial charge in [0.2, 0.25) is 0 Å². The lowest BCUT2D eigenvalue weighted by Gasteiger charge is -2.42. The summed E-state index contributed by atoms with van der Waals surface area (Å²) in [6.07, 6.45) is -9.57. The van der Waals surface area contributed by atoms with Crippen LogP contribution in [0.4, 0.5) is 26.3 Å². The fourth-order valence-corrected chi connectivity index (χ4v) is 6.10. The van der Waals surface area contributed by atoms with Crippen molar-refractivity contribution in [2.75, 3.05) is 57.3 Å². The van der Waals surface area contributed by atoms with E-state index in [9.17, 15) is 31.1 Å². The van der Waals surface area contributed by atoms with Gasteiger partial charge in [-0.1, -0.05) is 18.2 Å². The molecular formula is C28H35Cl2F6N3OS. The number of halogens is 8. The summed E-state index contributed by atoms with van der Waals surface area (Å²) in [6.45, 7) is 8.90. The number of aryl methyl sites for hydroxylation is 2. The zero-order chi connectivity index (χ0) is 28.4. The van der Waals surface area contributed by atoms with Gasteiger partial charge < -0.3 is 9.80 Å². The third-order valence-corrected chi connectivity index (χ3v) is 8.48. The van der Waals surface area contributed by atoms with Crippen molar-refractivity contribution < 1.29 is 31.1 Å². The fraction of sp³-hybridized carbons (Fsp3) is 0.536. The highest BCUT2D eigenvalue weighted by atomic mass is 35.5. The van der Waals surface area contributed by atoms with E-state index in [0.717, 1.165) is 54.4 Å². The second-order valence-electron chi connectivity index (χ2n) is 10.3. The minimum atomic E-state index is -5.01. The van der Waals surface area contributed by atoms with Crippen LogP contribution in [0, 0.1) is 13.8 Å². The van der Waals surface area contributed by atoms with Crippen LogP contribution in [0.2, 0.25) is 0 Å². The number of amides is 1. The van der Waals surface area contributed by atoms with Gasteiger partial charge in [0.1, 0.15) is 0 Å². The van der Waals surface area contributed by atoms with Crippen molar-refractivity contribution in [1.82, 2.24) is 14.7 Å². The first-order chi connectivity index (χ1) is 18.3. The van der Waals surface area contributed by atoms with Crippen LogP contribution in [0.25, 0.3) is 0 Å². The summed E-state index contributed by atoms with van der Waals surface area (Å²) in [4.78, 5) is 19.6. The Labute approximate surface area is 253 Å². The third-order valence-electron chi connectivity index (χ3n) is 7.54. The third kappa shape index (κ3) is 9.41. The van der Waals surface area contributed by atoms with Crippen molar-refractivity contribution in [3.63, 3.8) is 0 Å². The maximum atomic E-state index is 13.6. The molecule has 4 nitrogen and oxygen atoms in total. The van der Waals surface area contributed by atoms with Gasteiger partial charge in [-0.05, 0) is 55.2 Å². The van der Waals surface area contributed by atoms with E-state index in [1.807, 2.05) is 43.8 Å². The van der Waals surface area contributed by atoms with Gasteiger partial charge in [0.05, 0.1) is 11.1 Å². The molecule has 4 rings (SSSR count). The number of carbonyl (C=O) groups is 1. The summed E-state index contributed by atoms with van der Waals surface area (Å²) in [5.74, 6) is 1.37. The van der Waals surface area contributed by atoms with E-state index in [1.54, 1.807) is 0 Å². The molecule has 0 saturated carbocycles. The average Bonchev–Trinajstić information content (AvgIpc) is 2.89. The Kier molecular flexibility index (Phi) is 12.7. The molecule has 2 aliphatic heterocycles. The summed E-state index contributed by atoms with van der Waals surface area (Å²) in [7, 11) is 0. The first-order valence-corrected chi connectivity index (χ1v) is 14.2. The average molecular weight is 647 g/mol. The maximum absolute atomic E-state index is 13.6. The van der Waals surface area contributed by atoms with Gasteiger partial charge in [-0.2, -0.15) is 38.1 Å². The Morgan fingerprint density at radius 3 is 1.95 bits per heavy atom. The highest BCUT2D eigenvalue weighted by Gasteiger charge is 2.39. The zero-order valence-corrected chi connectivity index (χ0v) is 25.3. The van der Waals surface area contributed by atoms with E-state index in [4.69, 9.17) is 0 Å². The zero-order valence-electron chi connectivity index (χ0n) is 22.9. The highest BCUT2D eigenvalue weighted by molar-refractivity contribution is 7.99. The number of carbonyl (C=O) groups excluding carboxylic acids is 1. The topological polar surface area (TPSA) is 26.8 Å². The quantitative estimate of drug-likeness (QED) is 0.331. The lowest BCUT2D eigenvalue weighted by molar-refractivity contribution is -0.143. The molecule has 0 bridgehead atoms. The Bertz CT molecular complexity index is 1140. The molecule has 2 heterocycles. The smallest absolute Gasteiger partial charge is 0.333 e. The molecule has 13 heteroatoms. The Morgan fingerprint density at radius 1 is 0.805 bits per heavy atom. The Balaban J connectivity index is 0.00000294. The molecule has 0 spiro atoms. The van der Waals surface area contributed by atoms with Gasteiger partial charge in [0.15, 0.2) is 0 Å². The Morgan fingerprint density at radius 2 is 1.39 bits per heavy atom. The number of benzene rings is 2. The minimum Gasteiger partial charge on any atom is -0.333 e. The van der Waals surface area contributed by atoms with Crippen molar-refractivity contribution >= 4 is 42.5 Å². The predicted octanol–water partition coefficient (Wildman–Crippen LogP) is 6.60. The normalized spacial score (nSPS) is 18.9. The largest absolute Gasteiger partial charge is 0.416 e. The number of hydrogen-bond donors (Lipinski definition) is 0. The molecule has 0 unspecified atom stereocenters. The first kappa shape index (κ1) is 35.5. The molecule has 2 aliphatic rings. The number of nitrogens with zero attached hydrogens (tertiary/aromatic N) is 3. The first-order valence-electron chi connectivity index (χ1n) is 13.0. The van der Waals surface area contributed by atoms with Crippen LogP contribution in [0.5, 0.6) is 0 Å². The van der Waals surface area contributed by atoms with Gasteiger partial charge in [-0.25, -0.2) is 0 Å². The van der Waals surface area contributed by atoms with Crippen LogP contribution < -0.4 is 0 Å². The van der Waals surface area contributed by atoms with Crippen molar-refractivity contribution in [2.24, 2.45) is 0 Å². The van der Waals surface area contributed by atoms with Crippen LogP contribution in [0.3, 0.4) is 0 Å². The Hall–Kier alpha value is -1.66. The van der Waals surface area contributed by atoms with Crippen molar-refractivity contribution in [3.8, 4) is 0 Å². The molecule has 230 valence electrons. The molecular weight excluding hydrogens is 611 g/mol. The predicted molar refractivity (Wildman–Crippen MR) is 156 cm³/mol. The lowest BCUT2D eigenvalue weighted by atomic mass is 9.97. The second-order valence-corrected chi connectivity index (χ2v) is 11.5. The number of thioether (sulfide) groups is 1. The molecule has 2 aromatic rings. The number of rotatable bonds is 6. The molecule has 1 atom stereocenters. The summed E-state index contributed by atoms with van der Waals surface area (Å²) in [5, 5.41) is 0. The highest BCUT2D eigenvalue weighted by Crippen LogP contribution is 2.37. The fourth-order valence-electron chi connectivity index (χ4n) is 5.12. The van der Waals surface area contributed by atoms with E-state index in [1.165, 1.54) is 4.90 Å². The molecule has 41 heavy (non-hydrogen) atoms. The van der Waals surface area contributed by atoms with E-state index >= 15 is 0 Å². The molecule has 1 amide bonds. The van der Waals surface area contributed by atoms with E-state index in [0.29, 0.717) is 31.6 Å². The van der Waals surface area contributed by atoms with Crippen LogP contribution in [-0.4, -0.2) is 84.0 Å². The standard InChI is InChI=1S/C28H33F6N3OS.2ClH/c1-19-3-4-21(13-20(19)2)14-25-18-36(6-5-35-9-11-39-12-10-35)7-8-37(25)26(38)22-15-23(27(29,30)31)17-24(16-22)28(32,33)34;;/h3-4,13,15-17,25H,5-12,14,18H2,1-2H3;2*1H/t25-;;/m1../s1. The maximum Gasteiger partial charge on any atom is 0.416 e. The minimum absolute atomic E-state index is 0. The molecule has 2 aromatic carbocycles. The van der Waals surface area contributed by atoms with Crippen LogP contribution in [-0.2, 0) is 18.8 Å². The van der Waals surface area contributed by atoms with Gasteiger partial charge >= 0.3 is 12.4 Å². The second kappa shape index (κ2) is 14.7. The summed E-state index contributed by atoms with van der Waals surface area (Å²) in [5.41, 5.74) is -0.402. The van der Waals surface area contributed by atoms with Gasteiger partial charge in [-0.3, -0.25) is 9.69 Å². The SMILES string of the molecule is Cc1ccc(C[C@@H]2CN(CCN3CCSCC3)CCN2C(=O)c2cc(C(F)(F)F)cc(C(F)(F)F)c2)cc1C.Cl.Cl. The van der Waals surface area contributed by atoms with Gasteiger partial charge in [0.25, 0.3) is 5.91 Å². The van der Waals surface area contributed by atoms with Crippen LogP contribution >= 0.6 is 36.6 Å². The number of piperazine rings is 1. The van der Waals surface area contributed by atoms with Crippen molar-refractivity contribution in [3.05, 3.63) is 69.8 Å². The summed E-state index contributed by atoms with van der Waals surface area (Å²) >= 11 is 1.93. The molecule has 2 fully saturated rings. The number of alkyl halides is 6. The van der Waals surface area contributed by atoms with E-state index in [2.05, 4.69) is 9.80 Å². The summed E-state index contributed by atoms with van der Waals surface area (Å²) < 4.78 is 80.8. The molecule has 2 saturated heterocycles. The van der Waals surface area contributed by atoms with Crippen molar-refractivity contribution in [2.45, 2.75) is 38.7 Å². The molecule has 0 radical (unpaired) electrons. The lowest BCUT2D eigenvalue weighted by Crippen LogP contribution is -2.57. The van der Waals surface area contributed by atoms with Gasteiger partial charge in [-0.15, -0.1) is 24.8 Å². The summed E-state index contributed by atoms with van der Waals surface area (Å²) in [6, 6.07) is 6.69.